The molecule has 0 saturated heterocycles. The van der Waals surface area contributed by atoms with Crippen LogP contribution in [0.5, 0.6) is 0 Å². The van der Waals surface area contributed by atoms with Crippen LogP contribution in [0.1, 0.15) is 69.4 Å². The van der Waals surface area contributed by atoms with Crippen molar-refractivity contribution in [2.24, 2.45) is 17.6 Å². The predicted molar refractivity (Wildman–Crippen MR) is 81.3 cm³/mol. The lowest BCUT2D eigenvalue weighted by atomic mass is 9.76. The average Bonchev–Trinajstić information content (AvgIpc) is 2.94. The molecule has 1 aliphatic carbocycles. The van der Waals surface area contributed by atoms with Crippen LogP contribution in [0.4, 0.5) is 0 Å². The zero-order valence-electron chi connectivity index (χ0n) is 12.9. The zero-order chi connectivity index (χ0) is 14.4. The third-order valence-corrected chi connectivity index (χ3v) is 4.66. The van der Waals surface area contributed by atoms with Gasteiger partial charge in [0.2, 0.25) is 0 Å². The molecular formula is C17H29NO2. The highest BCUT2D eigenvalue weighted by molar-refractivity contribution is 5.11. The minimum absolute atomic E-state index is 0.0488. The molecule has 1 aromatic heterocycles. The molecule has 1 aromatic rings. The van der Waals surface area contributed by atoms with E-state index in [4.69, 9.17) is 14.9 Å². The van der Waals surface area contributed by atoms with E-state index in [1.54, 1.807) is 7.11 Å². The van der Waals surface area contributed by atoms with E-state index in [0.717, 1.165) is 17.4 Å². The summed E-state index contributed by atoms with van der Waals surface area (Å²) in [6, 6.07) is 4.04. The number of methoxy groups -OCH3 is 1. The fourth-order valence-electron chi connectivity index (χ4n) is 3.35. The first-order valence-corrected chi connectivity index (χ1v) is 8.07. The van der Waals surface area contributed by atoms with E-state index in [-0.39, 0.29) is 6.04 Å². The number of ether oxygens (including phenoxy) is 1. The van der Waals surface area contributed by atoms with E-state index in [1.807, 2.05) is 12.1 Å². The Balaban J connectivity index is 1.82. The molecule has 0 aromatic carbocycles. The van der Waals surface area contributed by atoms with Crippen LogP contribution in [-0.4, -0.2) is 7.11 Å². The predicted octanol–water partition coefficient (Wildman–Crippen LogP) is 4.42. The number of furan rings is 1. The molecule has 2 N–H and O–H groups in total. The molecule has 0 bridgehead atoms. The highest BCUT2D eigenvalue weighted by Crippen LogP contribution is 2.37. The summed E-state index contributed by atoms with van der Waals surface area (Å²) in [5, 5.41) is 0. The molecule has 1 unspecified atom stereocenters. The average molecular weight is 279 g/mol. The Hall–Kier alpha value is -0.800. The molecule has 3 heteroatoms. The largest absolute Gasteiger partial charge is 0.462 e. The maximum absolute atomic E-state index is 6.39. The number of hydrogen-bond acceptors (Lipinski definition) is 3. The summed E-state index contributed by atoms with van der Waals surface area (Å²) < 4.78 is 10.9. The summed E-state index contributed by atoms with van der Waals surface area (Å²) in [7, 11) is 1.68. The first kappa shape index (κ1) is 15.6. The fourth-order valence-corrected chi connectivity index (χ4v) is 3.35. The van der Waals surface area contributed by atoms with Crippen molar-refractivity contribution in [1.82, 2.24) is 0 Å². The molecule has 114 valence electrons. The Kier molecular flexibility index (Phi) is 6.11. The SMILES string of the molecule is CCCCC1CCC(C(N)c2ccc(COC)o2)CC1. The summed E-state index contributed by atoms with van der Waals surface area (Å²) in [6.45, 7) is 2.80. The molecular weight excluding hydrogens is 250 g/mol. The van der Waals surface area contributed by atoms with Gasteiger partial charge in [-0.05, 0) is 36.8 Å². The van der Waals surface area contributed by atoms with Crippen molar-refractivity contribution in [3.05, 3.63) is 23.7 Å². The van der Waals surface area contributed by atoms with Crippen molar-refractivity contribution in [3.63, 3.8) is 0 Å². The quantitative estimate of drug-likeness (QED) is 0.803. The molecule has 0 aliphatic heterocycles. The van der Waals surface area contributed by atoms with E-state index >= 15 is 0 Å². The molecule has 2 rings (SSSR count). The molecule has 0 radical (unpaired) electrons. The first-order chi connectivity index (χ1) is 9.74. The van der Waals surface area contributed by atoms with E-state index in [2.05, 4.69) is 6.92 Å². The molecule has 1 saturated carbocycles. The van der Waals surface area contributed by atoms with Gasteiger partial charge in [-0.3, -0.25) is 0 Å². The number of hydrogen-bond donors (Lipinski definition) is 1. The second kappa shape index (κ2) is 7.84. The number of rotatable bonds is 7. The summed E-state index contributed by atoms with van der Waals surface area (Å²) in [5.74, 6) is 3.30. The Morgan fingerprint density at radius 2 is 2.05 bits per heavy atom. The highest BCUT2D eigenvalue weighted by atomic mass is 16.5. The van der Waals surface area contributed by atoms with Gasteiger partial charge in [0.05, 0.1) is 6.04 Å². The minimum Gasteiger partial charge on any atom is -0.462 e. The lowest BCUT2D eigenvalue weighted by molar-refractivity contribution is 0.158. The van der Waals surface area contributed by atoms with Crippen molar-refractivity contribution in [3.8, 4) is 0 Å². The van der Waals surface area contributed by atoms with Gasteiger partial charge in [0.1, 0.15) is 18.1 Å². The van der Waals surface area contributed by atoms with Gasteiger partial charge in [-0.15, -0.1) is 0 Å². The van der Waals surface area contributed by atoms with Gasteiger partial charge in [-0.2, -0.15) is 0 Å². The molecule has 1 fully saturated rings. The van der Waals surface area contributed by atoms with Gasteiger partial charge in [-0.1, -0.05) is 39.0 Å². The third kappa shape index (κ3) is 4.10. The van der Waals surface area contributed by atoms with Crippen LogP contribution in [-0.2, 0) is 11.3 Å². The van der Waals surface area contributed by atoms with Crippen molar-refractivity contribution in [2.75, 3.05) is 7.11 Å². The Morgan fingerprint density at radius 3 is 2.70 bits per heavy atom. The monoisotopic (exact) mass is 279 g/mol. The normalized spacial score (nSPS) is 24.8. The van der Waals surface area contributed by atoms with Gasteiger partial charge in [0.25, 0.3) is 0 Å². The van der Waals surface area contributed by atoms with Crippen molar-refractivity contribution < 1.29 is 9.15 Å². The lowest BCUT2D eigenvalue weighted by Crippen LogP contribution is -2.25. The van der Waals surface area contributed by atoms with Crippen LogP contribution in [0, 0.1) is 11.8 Å². The van der Waals surface area contributed by atoms with E-state index in [0.29, 0.717) is 12.5 Å². The molecule has 3 nitrogen and oxygen atoms in total. The summed E-state index contributed by atoms with van der Waals surface area (Å²) in [5.41, 5.74) is 6.39. The summed E-state index contributed by atoms with van der Waals surface area (Å²) in [4.78, 5) is 0. The fraction of sp³-hybridized carbons (Fsp3) is 0.765. The van der Waals surface area contributed by atoms with Crippen molar-refractivity contribution in [2.45, 2.75) is 64.5 Å². The summed E-state index contributed by atoms with van der Waals surface area (Å²) in [6.07, 6.45) is 9.25. The van der Waals surface area contributed by atoms with E-state index in [9.17, 15) is 0 Å². The smallest absolute Gasteiger partial charge is 0.129 e. The highest BCUT2D eigenvalue weighted by Gasteiger charge is 2.27. The second-order valence-electron chi connectivity index (χ2n) is 6.19. The standard InChI is InChI=1S/C17H29NO2/c1-3-4-5-13-6-8-14(9-7-13)17(18)16-11-10-15(20-16)12-19-2/h10-11,13-14,17H,3-9,12,18H2,1-2H3. The number of nitrogens with two attached hydrogens (primary N) is 1. The molecule has 20 heavy (non-hydrogen) atoms. The first-order valence-electron chi connectivity index (χ1n) is 8.07. The maximum Gasteiger partial charge on any atom is 0.129 e. The molecule has 0 amide bonds. The molecule has 1 atom stereocenters. The number of unbranched alkanes of at least 4 members (excludes halogenated alkanes) is 1. The van der Waals surface area contributed by atoms with Gasteiger partial charge in [0.15, 0.2) is 0 Å². The van der Waals surface area contributed by atoms with Crippen LogP contribution >= 0.6 is 0 Å². The topological polar surface area (TPSA) is 48.4 Å². The van der Waals surface area contributed by atoms with Crippen molar-refractivity contribution in [1.29, 1.82) is 0 Å². The second-order valence-corrected chi connectivity index (χ2v) is 6.19. The van der Waals surface area contributed by atoms with Crippen LogP contribution in [0.2, 0.25) is 0 Å². The van der Waals surface area contributed by atoms with Gasteiger partial charge in [0, 0.05) is 7.11 Å². The zero-order valence-corrected chi connectivity index (χ0v) is 12.9. The van der Waals surface area contributed by atoms with Crippen LogP contribution in [0.15, 0.2) is 16.5 Å². The minimum atomic E-state index is 0.0488. The third-order valence-electron chi connectivity index (χ3n) is 4.66. The maximum atomic E-state index is 6.39. The Bertz CT molecular complexity index is 380. The van der Waals surface area contributed by atoms with Crippen LogP contribution in [0.25, 0.3) is 0 Å². The molecule has 1 heterocycles. The van der Waals surface area contributed by atoms with Crippen LogP contribution in [0.3, 0.4) is 0 Å². The van der Waals surface area contributed by atoms with Crippen molar-refractivity contribution >= 4 is 0 Å². The van der Waals surface area contributed by atoms with Crippen LogP contribution < -0.4 is 5.73 Å². The Morgan fingerprint density at radius 1 is 1.30 bits per heavy atom. The Labute approximate surface area is 122 Å². The van der Waals surface area contributed by atoms with Gasteiger partial charge < -0.3 is 14.9 Å². The van der Waals surface area contributed by atoms with Gasteiger partial charge >= 0.3 is 0 Å². The summed E-state index contributed by atoms with van der Waals surface area (Å²) >= 11 is 0. The van der Waals surface area contributed by atoms with Gasteiger partial charge in [-0.25, -0.2) is 0 Å². The van der Waals surface area contributed by atoms with E-state index < -0.39 is 0 Å². The lowest BCUT2D eigenvalue weighted by Gasteiger charge is -2.31. The molecule has 0 spiro atoms. The molecule has 1 aliphatic rings. The van der Waals surface area contributed by atoms with E-state index in [1.165, 1.54) is 44.9 Å².